The Morgan fingerprint density at radius 1 is 0.816 bits per heavy atom. The number of ether oxygens (including phenoxy) is 4. The van der Waals surface area contributed by atoms with Gasteiger partial charge in [0.1, 0.15) is 23.9 Å². The lowest BCUT2D eigenvalue weighted by atomic mass is 10.1. The van der Waals surface area contributed by atoms with Gasteiger partial charge >= 0.3 is 0 Å². The number of thiophene rings is 1. The van der Waals surface area contributed by atoms with Crippen molar-refractivity contribution in [3.05, 3.63) is 107 Å². The summed E-state index contributed by atoms with van der Waals surface area (Å²) in [5.41, 5.74) is 2.24. The van der Waals surface area contributed by atoms with Crippen LogP contribution in [0.3, 0.4) is 0 Å². The molecule has 1 aromatic heterocycles. The number of benzene rings is 4. The Labute approximate surface area is 234 Å². The minimum atomic E-state index is -0.168. The molecule has 6 heteroatoms. The molecule has 5 aromatic rings. The maximum Gasteiger partial charge on any atom is 0.199 e. The zero-order chi connectivity index (χ0) is 25.7. The van der Waals surface area contributed by atoms with Crippen LogP contribution in [0.5, 0.6) is 23.0 Å². The maximum absolute atomic E-state index is 6.53. The van der Waals surface area contributed by atoms with E-state index in [9.17, 15) is 0 Å². The van der Waals surface area contributed by atoms with Crippen molar-refractivity contribution in [2.45, 2.75) is 32.2 Å². The minimum Gasteiger partial charge on any atom is -0.489 e. The van der Waals surface area contributed by atoms with Gasteiger partial charge in [-0.25, -0.2) is 0 Å². The topological polar surface area (TPSA) is 36.9 Å². The first-order chi connectivity index (χ1) is 18.7. The lowest BCUT2D eigenvalue weighted by Crippen LogP contribution is -2.24. The number of hydrogen-bond acceptors (Lipinski definition) is 5. The predicted octanol–water partition coefficient (Wildman–Crippen LogP) is 9.61. The molecular formula is C32H27BrO4S. The Kier molecular flexibility index (Phi) is 7.63. The predicted molar refractivity (Wildman–Crippen MR) is 156 cm³/mol. The van der Waals surface area contributed by atoms with Crippen molar-refractivity contribution in [3.63, 3.8) is 0 Å². The van der Waals surface area contributed by atoms with E-state index in [4.69, 9.17) is 18.9 Å². The largest absolute Gasteiger partial charge is 0.489 e. The number of halogens is 1. The van der Waals surface area contributed by atoms with Crippen molar-refractivity contribution in [2.24, 2.45) is 0 Å². The molecule has 1 atom stereocenters. The quantitative estimate of drug-likeness (QED) is 0.181. The third kappa shape index (κ3) is 5.88. The van der Waals surface area contributed by atoms with Crippen molar-refractivity contribution in [1.82, 2.24) is 0 Å². The molecule has 0 aliphatic carbocycles. The molecule has 0 amide bonds. The molecule has 0 N–H and O–H groups in total. The van der Waals surface area contributed by atoms with Gasteiger partial charge in [-0.1, -0.05) is 58.4 Å². The maximum atomic E-state index is 6.53. The van der Waals surface area contributed by atoms with E-state index in [1.165, 1.54) is 0 Å². The Bertz CT molecular complexity index is 1490. The summed E-state index contributed by atoms with van der Waals surface area (Å²) in [7, 11) is 0. The molecule has 0 radical (unpaired) electrons. The van der Waals surface area contributed by atoms with Gasteiger partial charge in [-0.2, -0.15) is 0 Å². The molecule has 1 saturated heterocycles. The second-order valence-corrected chi connectivity index (χ2v) is 11.2. The van der Waals surface area contributed by atoms with Gasteiger partial charge in [-0.3, -0.25) is 0 Å². The van der Waals surface area contributed by atoms with Gasteiger partial charge in [-0.15, -0.1) is 11.3 Å². The van der Waals surface area contributed by atoms with Crippen molar-refractivity contribution in [3.8, 4) is 33.4 Å². The van der Waals surface area contributed by atoms with Crippen LogP contribution in [-0.2, 0) is 11.3 Å². The Balaban J connectivity index is 1.27. The normalized spacial score (nSPS) is 15.3. The highest BCUT2D eigenvalue weighted by Crippen LogP contribution is 2.47. The number of rotatable bonds is 8. The molecule has 0 spiro atoms. The van der Waals surface area contributed by atoms with E-state index in [1.807, 2.05) is 48.5 Å². The van der Waals surface area contributed by atoms with E-state index in [0.717, 1.165) is 79.4 Å². The highest BCUT2D eigenvalue weighted by Gasteiger charge is 2.18. The summed E-state index contributed by atoms with van der Waals surface area (Å²) in [5, 5.41) is 1.05. The summed E-state index contributed by atoms with van der Waals surface area (Å²) in [4.78, 5) is 1.07. The van der Waals surface area contributed by atoms with Gasteiger partial charge in [0.05, 0.1) is 11.5 Å². The van der Waals surface area contributed by atoms with Gasteiger partial charge in [0.2, 0.25) is 0 Å². The van der Waals surface area contributed by atoms with Crippen LogP contribution in [0.25, 0.3) is 20.5 Å². The molecule has 1 unspecified atom stereocenters. The molecule has 1 aliphatic heterocycles. The lowest BCUT2D eigenvalue weighted by molar-refractivity contribution is -0.105. The van der Waals surface area contributed by atoms with Gasteiger partial charge in [-0.05, 0) is 78.6 Å². The average molecular weight is 588 g/mol. The summed E-state index contributed by atoms with van der Waals surface area (Å²) in [6.45, 7) is 1.29. The zero-order valence-electron chi connectivity index (χ0n) is 20.8. The number of fused-ring (bicyclic) bond motifs is 1. The van der Waals surface area contributed by atoms with Crippen LogP contribution in [0.4, 0.5) is 0 Å². The van der Waals surface area contributed by atoms with Crippen LogP contribution >= 0.6 is 27.3 Å². The van der Waals surface area contributed by atoms with Gasteiger partial charge < -0.3 is 18.9 Å². The monoisotopic (exact) mass is 586 g/mol. The molecule has 4 nitrogen and oxygen atoms in total. The Morgan fingerprint density at radius 3 is 2.34 bits per heavy atom. The van der Waals surface area contributed by atoms with Crippen molar-refractivity contribution >= 4 is 37.4 Å². The van der Waals surface area contributed by atoms with Gasteiger partial charge in [0, 0.05) is 21.0 Å². The highest BCUT2D eigenvalue weighted by molar-refractivity contribution is 9.10. The van der Waals surface area contributed by atoms with E-state index in [-0.39, 0.29) is 6.29 Å². The first kappa shape index (κ1) is 25.0. The molecule has 0 bridgehead atoms. The summed E-state index contributed by atoms with van der Waals surface area (Å²) in [5.74, 6) is 3.21. The highest BCUT2D eigenvalue weighted by atomic mass is 79.9. The molecule has 2 heterocycles. The fourth-order valence-corrected chi connectivity index (χ4v) is 5.86. The summed E-state index contributed by atoms with van der Waals surface area (Å²) >= 11 is 5.25. The standard InChI is InChI=1S/C32H27BrO4S/c33-24-11-9-23(10-12-24)32-31(37-26-15-13-25(14-16-26)36-30-8-4-5-19-34-30)28-18-17-27(20-29(28)38-32)35-21-22-6-2-1-3-7-22/h1-3,6-7,9-18,20,30H,4-5,8,19,21H2. The van der Waals surface area contributed by atoms with Crippen LogP contribution in [-0.4, -0.2) is 12.9 Å². The average Bonchev–Trinajstić information content (AvgIpc) is 3.32. The molecule has 1 fully saturated rings. The van der Waals surface area contributed by atoms with Crippen LogP contribution in [0.2, 0.25) is 0 Å². The second-order valence-electron chi connectivity index (χ2n) is 9.19. The van der Waals surface area contributed by atoms with Gasteiger partial charge in [0.15, 0.2) is 12.0 Å². The molecular weight excluding hydrogens is 560 g/mol. The van der Waals surface area contributed by atoms with Crippen LogP contribution in [0.15, 0.2) is 102 Å². The Morgan fingerprint density at radius 2 is 1.58 bits per heavy atom. The fraction of sp³-hybridized carbons (Fsp3) is 0.188. The number of hydrogen-bond donors (Lipinski definition) is 0. The Hall–Kier alpha value is -3.32. The lowest BCUT2D eigenvalue weighted by Gasteiger charge is -2.23. The van der Waals surface area contributed by atoms with Crippen LogP contribution in [0, 0.1) is 0 Å². The first-order valence-corrected chi connectivity index (χ1v) is 14.4. The third-order valence-corrected chi connectivity index (χ3v) is 8.13. The van der Waals surface area contributed by atoms with Gasteiger partial charge in [0.25, 0.3) is 0 Å². The smallest absolute Gasteiger partial charge is 0.199 e. The van der Waals surface area contributed by atoms with Crippen molar-refractivity contribution in [1.29, 1.82) is 0 Å². The van der Waals surface area contributed by atoms with E-state index < -0.39 is 0 Å². The van der Waals surface area contributed by atoms with Crippen LogP contribution < -0.4 is 14.2 Å². The fourth-order valence-electron chi connectivity index (χ4n) is 4.44. The van der Waals surface area contributed by atoms with Crippen molar-refractivity contribution in [2.75, 3.05) is 6.61 Å². The molecule has 6 rings (SSSR count). The molecule has 38 heavy (non-hydrogen) atoms. The molecule has 192 valence electrons. The van der Waals surface area contributed by atoms with E-state index in [1.54, 1.807) is 11.3 Å². The summed E-state index contributed by atoms with van der Waals surface area (Å²) in [6.07, 6.45) is 2.99. The zero-order valence-corrected chi connectivity index (χ0v) is 23.2. The van der Waals surface area contributed by atoms with E-state index in [0.29, 0.717) is 6.61 Å². The second kappa shape index (κ2) is 11.6. The summed E-state index contributed by atoms with van der Waals surface area (Å²) in [6, 6.07) is 32.5. The van der Waals surface area contributed by atoms with E-state index >= 15 is 0 Å². The SMILES string of the molecule is Brc1ccc(-c2sc3cc(OCc4ccccc4)ccc3c2Oc2ccc(OC3CCCCO3)cc2)cc1. The molecule has 0 saturated carbocycles. The van der Waals surface area contributed by atoms with E-state index in [2.05, 4.69) is 64.5 Å². The molecule has 4 aromatic carbocycles. The molecule has 1 aliphatic rings. The third-order valence-electron chi connectivity index (χ3n) is 6.42. The summed E-state index contributed by atoms with van der Waals surface area (Å²) < 4.78 is 26.5. The minimum absolute atomic E-state index is 0.168. The van der Waals surface area contributed by atoms with Crippen LogP contribution in [0.1, 0.15) is 24.8 Å². The van der Waals surface area contributed by atoms with Crippen molar-refractivity contribution < 1.29 is 18.9 Å². The first-order valence-electron chi connectivity index (χ1n) is 12.8.